The third-order valence-electron chi connectivity index (χ3n) is 2.77. The Balaban J connectivity index is 2.46. The van der Waals surface area contributed by atoms with Crippen molar-refractivity contribution in [1.82, 2.24) is 9.78 Å². The number of carbonyl (C=O) groups is 1. The third-order valence-corrected chi connectivity index (χ3v) is 2.77. The molecular weight excluding hydrogens is 230 g/mol. The summed E-state index contributed by atoms with van der Waals surface area (Å²) in [7, 11) is 0. The fraction of sp³-hybridized carbons (Fsp3) is 0.231. The number of nitrogens with two attached hydrogens (primary N) is 1. The molecule has 94 valence electrons. The topological polar surface area (TPSA) is 81.1 Å². The zero-order chi connectivity index (χ0) is 13.1. The molecule has 0 aliphatic rings. The first-order valence-corrected chi connectivity index (χ1v) is 5.76. The molecule has 18 heavy (non-hydrogen) atoms. The summed E-state index contributed by atoms with van der Waals surface area (Å²) in [6.45, 7) is 1.90. The highest BCUT2D eigenvalue weighted by atomic mass is 16.3. The second-order valence-corrected chi connectivity index (χ2v) is 3.99. The lowest BCUT2D eigenvalue weighted by Gasteiger charge is -2.13. The maximum atomic E-state index is 11.0. The summed E-state index contributed by atoms with van der Waals surface area (Å²) < 4.78 is 1.55. The molecule has 2 rings (SSSR count). The van der Waals surface area contributed by atoms with Crippen molar-refractivity contribution < 1.29 is 9.90 Å². The minimum absolute atomic E-state index is 0.204. The van der Waals surface area contributed by atoms with Crippen molar-refractivity contribution in [1.29, 1.82) is 0 Å². The molecular formula is C13H15N3O2. The van der Waals surface area contributed by atoms with Crippen LogP contribution in [0, 0.1) is 0 Å². The SMILES string of the molecule is CC[C@@H](O)c1ccccc1-n1ccc(C(N)=O)n1. The van der Waals surface area contributed by atoms with Gasteiger partial charge in [0.25, 0.3) is 5.91 Å². The molecule has 0 spiro atoms. The van der Waals surface area contributed by atoms with Gasteiger partial charge in [-0.05, 0) is 18.6 Å². The van der Waals surface area contributed by atoms with Crippen LogP contribution >= 0.6 is 0 Å². The van der Waals surface area contributed by atoms with Crippen LogP contribution in [-0.4, -0.2) is 20.8 Å². The van der Waals surface area contributed by atoms with E-state index in [1.54, 1.807) is 16.9 Å². The van der Waals surface area contributed by atoms with Crippen LogP contribution in [0.3, 0.4) is 0 Å². The minimum atomic E-state index is -0.567. The Hall–Kier alpha value is -2.14. The number of carbonyl (C=O) groups excluding carboxylic acids is 1. The molecule has 1 aromatic carbocycles. The molecule has 2 aromatic rings. The van der Waals surface area contributed by atoms with Gasteiger partial charge in [0.15, 0.2) is 0 Å². The maximum absolute atomic E-state index is 11.0. The second kappa shape index (κ2) is 5.01. The molecule has 0 aliphatic heterocycles. The van der Waals surface area contributed by atoms with Gasteiger partial charge in [-0.2, -0.15) is 5.10 Å². The van der Waals surface area contributed by atoms with Crippen LogP contribution < -0.4 is 5.73 Å². The van der Waals surface area contributed by atoms with E-state index in [1.807, 2.05) is 31.2 Å². The molecule has 0 radical (unpaired) electrons. The Morgan fingerprint density at radius 1 is 1.44 bits per heavy atom. The molecule has 1 aromatic heterocycles. The Bertz CT molecular complexity index is 563. The zero-order valence-corrected chi connectivity index (χ0v) is 10.1. The van der Waals surface area contributed by atoms with Crippen molar-refractivity contribution in [2.24, 2.45) is 5.73 Å². The van der Waals surface area contributed by atoms with E-state index in [2.05, 4.69) is 5.10 Å². The number of primary amides is 1. The Kier molecular flexibility index (Phi) is 3.43. The average molecular weight is 245 g/mol. The predicted octanol–water partition coefficient (Wildman–Crippen LogP) is 1.41. The number of aromatic nitrogens is 2. The van der Waals surface area contributed by atoms with Crippen LogP contribution in [0.15, 0.2) is 36.5 Å². The highest BCUT2D eigenvalue weighted by Crippen LogP contribution is 2.23. The molecule has 0 saturated heterocycles. The first-order valence-electron chi connectivity index (χ1n) is 5.76. The van der Waals surface area contributed by atoms with Crippen LogP contribution in [0.25, 0.3) is 5.69 Å². The first kappa shape index (κ1) is 12.3. The molecule has 0 unspecified atom stereocenters. The van der Waals surface area contributed by atoms with Gasteiger partial charge in [0, 0.05) is 11.8 Å². The minimum Gasteiger partial charge on any atom is -0.388 e. The van der Waals surface area contributed by atoms with E-state index >= 15 is 0 Å². The van der Waals surface area contributed by atoms with Gasteiger partial charge in [0.2, 0.25) is 0 Å². The van der Waals surface area contributed by atoms with Gasteiger partial charge >= 0.3 is 0 Å². The Morgan fingerprint density at radius 3 is 2.78 bits per heavy atom. The fourth-order valence-corrected chi connectivity index (χ4v) is 1.79. The molecule has 0 bridgehead atoms. The lowest BCUT2D eigenvalue weighted by molar-refractivity contribution is 0.0995. The molecule has 0 fully saturated rings. The number of nitrogens with zero attached hydrogens (tertiary/aromatic N) is 2. The van der Waals surface area contributed by atoms with E-state index in [0.29, 0.717) is 6.42 Å². The molecule has 3 N–H and O–H groups in total. The van der Waals surface area contributed by atoms with Gasteiger partial charge in [-0.25, -0.2) is 4.68 Å². The summed E-state index contributed by atoms with van der Waals surface area (Å²) in [6, 6.07) is 8.95. The van der Waals surface area contributed by atoms with E-state index in [-0.39, 0.29) is 5.69 Å². The van der Waals surface area contributed by atoms with Crippen molar-refractivity contribution in [3.05, 3.63) is 47.8 Å². The summed E-state index contributed by atoms with van der Waals surface area (Å²) in [5, 5.41) is 14.0. The van der Waals surface area contributed by atoms with Gasteiger partial charge < -0.3 is 10.8 Å². The third kappa shape index (κ3) is 2.26. The fourth-order valence-electron chi connectivity index (χ4n) is 1.79. The zero-order valence-electron chi connectivity index (χ0n) is 10.1. The number of aliphatic hydroxyl groups is 1. The van der Waals surface area contributed by atoms with Gasteiger partial charge in [-0.3, -0.25) is 4.79 Å². The normalized spacial score (nSPS) is 12.3. The molecule has 5 nitrogen and oxygen atoms in total. The van der Waals surface area contributed by atoms with Gasteiger partial charge in [-0.15, -0.1) is 0 Å². The van der Waals surface area contributed by atoms with E-state index in [4.69, 9.17) is 5.73 Å². The molecule has 0 saturated carbocycles. The Labute approximate surface area is 105 Å². The van der Waals surface area contributed by atoms with Crippen molar-refractivity contribution in [3.63, 3.8) is 0 Å². The average Bonchev–Trinajstić information content (AvgIpc) is 2.87. The number of hydrogen-bond acceptors (Lipinski definition) is 3. The summed E-state index contributed by atoms with van der Waals surface area (Å²) in [5.41, 5.74) is 6.90. The number of benzene rings is 1. The van der Waals surface area contributed by atoms with Crippen LogP contribution in [0.4, 0.5) is 0 Å². The van der Waals surface area contributed by atoms with Gasteiger partial charge in [0.05, 0.1) is 11.8 Å². The smallest absolute Gasteiger partial charge is 0.269 e. The molecule has 1 amide bonds. The van der Waals surface area contributed by atoms with E-state index in [9.17, 15) is 9.90 Å². The summed E-state index contributed by atoms with van der Waals surface area (Å²) in [4.78, 5) is 11.0. The lowest BCUT2D eigenvalue weighted by Crippen LogP contribution is -2.12. The number of para-hydroxylation sites is 1. The van der Waals surface area contributed by atoms with Gasteiger partial charge in [-0.1, -0.05) is 25.1 Å². The monoisotopic (exact) mass is 245 g/mol. The predicted molar refractivity (Wildman–Crippen MR) is 67.3 cm³/mol. The number of hydrogen-bond donors (Lipinski definition) is 2. The molecule has 1 atom stereocenters. The highest BCUT2D eigenvalue weighted by molar-refractivity contribution is 5.90. The summed E-state index contributed by atoms with van der Waals surface area (Å²) in [5.74, 6) is -0.567. The quantitative estimate of drug-likeness (QED) is 0.854. The van der Waals surface area contributed by atoms with Crippen molar-refractivity contribution in [2.75, 3.05) is 0 Å². The number of aliphatic hydroxyl groups excluding tert-OH is 1. The van der Waals surface area contributed by atoms with Gasteiger partial charge in [0.1, 0.15) is 5.69 Å². The Morgan fingerprint density at radius 2 is 2.17 bits per heavy atom. The summed E-state index contributed by atoms with van der Waals surface area (Å²) >= 11 is 0. The van der Waals surface area contributed by atoms with E-state index in [0.717, 1.165) is 11.3 Å². The molecule has 1 heterocycles. The molecule has 0 aliphatic carbocycles. The lowest BCUT2D eigenvalue weighted by atomic mass is 10.1. The van der Waals surface area contributed by atoms with Crippen molar-refractivity contribution in [2.45, 2.75) is 19.4 Å². The number of amides is 1. The highest BCUT2D eigenvalue weighted by Gasteiger charge is 2.13. The summed E-state index contributed by atoms with van der Waals surface area (Å²) in [6.07, 6.45) is 1.71. The molecule has 5 heteroatoms. The van der Waals surface area contributed by atoms with E-state index in [1.165, 1.54) is 0 Å². The largest absolute Gasteiger partial charge is 0.388 e. The number of rotatable bonds is 4. The maximum Gasteiger partial charge on any atom is 0.269 e. The van der Waals surface area contributed by atoms with Crippen LogP contribution in [0.5, 0.6) is 0 Å². The second-order valence-electron chi connectivity index (χ2n) is 3.99. The van der Waals surface area contributed by atoms with Crippen molar-refractivity contribution in [3.8, 4) is 5.69 Å². The standard InChI is InChI=1S/C13H15N3O2/c1-2-12(17)9-5-3-4-6-11(9)16-8-7-10(15-16)13(14)18/h3-8,12,17H,2H2,1H3,(H2,14,18)/t12-/m1/s1. The van der Waals surface area contributed by atoms with Crippen LogP contribution in [-0.2, 0) is 0 Å². The first-order chi connectivity index (χ1) is 8.63. The van der Waals surface area contributed by atoms with Crippen LogP contribution in [0.1, 0.15) is 35.5 Å². The van der Waals surface area contributed by atoms with Crippen molar-refractivity contribution >= 4 is 5.91 Å². The van der Waals surface area contributed by atoms with E-state index < -0.39 is 12.0 Å². The van der Waals surface area contributed by atoms with Crippen LogP contribution in [0.2, 0.25) is 0 Å².